The van der Waals surface area contributed by atoms with E-state index in [9.17, 15) is 0 Å². The van der Waals surface area contributed by atoms with E-state index >= 15 is 0 Å². The summed E-state index contributed by atoms with van der Waals surface area (Å²) in [6, 6.07) is 78.9. The molecule has 2 nitrogen and oxygen atoms in total. The van der Waals surface area contributed by atoms with Crippen molar-refractivity contribution in [3.05, 3.63) is 257 Å². The van der Waals surface area contributed by atoms with E-state index in [4.69, 9.17) is 4.74 Å². The highest BCUT2D eigenvalue weighted by molar-refractivity contribution is 6.10. The zero-order valence-electron chi connectivity index (χ0n) is 37.5. The van der Waals surface area contributed by atoms with Crippen molar-refractivity contribution < 1.29 is 4.74 Å². The van der Waals surface area contributed by atoms with Gasteiger partial charge in [-0.1, -0.05) is 201 Å². The lowest BCUT2D eigenvalue weighted by Crippen LogP contribution is -2.18. The molecule has 1 aromatic heterocycles. The molecule has 320 valence electrons. The maximum Gasteiger partial charge on any atom is 0.0855 e. The van der Waals surface area contributed by atoms with Gasteiger partial charge in [0.05, 0.1) is 23.7 Å². The highest BCUT2D eigenvalue weighted by Crippen LogP contribution is 2.45. The first-order valence-corrected chi connectivity index (χ1v) is 23.9. The standard InChI is InChI=1S/C64H53NO/c1-43-24-28-49-35-36-52-41-53-40-51(37-39-56(53)62(52)60(49)42-66-64(43)50-16-7-3-8-17-50)47-31-33-48(34-32-47)55(38-27-44-25-29-46(30-26-44)45-14-5-2-6-15-45)58-21-13-22-59-57-20-11-12-23-61(57)65(63(58)59)54-18-9-4-10-19-54/h2-23,25-26,29-37,39-40,43,55,64H,24,27-28,38,41-42H2,1H3. The smallest absolute Gasteiger partial charge is 0.0855 e. The Morgan fingerprint density at radius 1 is 0.561 bits per heavy atom. The van der Waals surface area contributed by atoms with Crippen molar-refractivity contribution in [2.24, 2.45) is 5.92 Å². The predicted octanol–water partition coefficient (Wildman–Crippen LogP) is 16.3. The predicted molar refractivity (Wildman–Crippen MR) is 274 cm³/mol. The molecular formula is C64H53NO. The number of benzene rings is 9. The van der Waals surface area contributed by atoms with Crippen molar-refractivity contribution in [1.29, 1.82) is 0 Å². The molecule has 0 spiro atoms. The molecule has 1 aliphatic heterocycles. The van der Waals surface area contributed by atoms with Crippen molar-refractivity contribution in [2.75, 3.05) is 0 Å². The molecule has 0 fully saturated rings. The first-order chi connectivity index (χ1) is 32.6. The molecule has 0 N–H and O–H groups in total. The summed E-state index contributed by atoms with van der Waals surface area (Å²) < 4.78 is 9.33. The first-order valence-electron chi connectivity index (χ1n) is 23.9. The number of aromatic nitrogens is 1. The van der Waals surface area contributed by atoms with Gasteiger partial charge in [0.2, 0.25) is 0 Å². The summed E-state index contributed by atoms with van der Waals surface area (Å²) in [6.07, 6.45) is 5.21. The summed E-state index contributed by atoms with van der Waals surface area (Å²) in [6.45, 7) is 2.99. The number of nitrogens with zero attached hydrogens (tertiary/aromatic N) is 1. The molecule has 10 aromatic rings. The van der Waals surface area contributed by atoms with E-state index in [0.717, 1.165) is 32.1 Å². The van der Waals surface area contributed by atoms with Crippen molar-refractivity contribution in [2.45, 2.75) is 57.7 Å². The Balaban J connectivity index is 0.891. The number of rotatable bonds is 9. The zero-order chi connectivity index (χ0) is 44.0. The van der Waals surface area contributed by atoms with Crippen LogP contribution in [0.1, 0.15) is 76.3 Å². The molecule has 0 saturated heterocycles. The molecular weight excluding hydrogens is 799 g/mol. The van der Waals surface area contributed by atoms with E-state index in [2.05, 4.69) is 224 Å². The topological polar surface area (TPSA) is 14.2 Å². The molecule has 9 aromatic carbocycles. The molecule has 2 aliphatic rings. The lowest BCUT2D eigenvalue weighted by Gasteiger charge is -2.29. The summed E-state index contributed by atoms with van der Waals surface area (Å²) in [5.74, 6) is 0.626. The van der Waals surface area contributed by atoms with Gasteiger partial charge in [0.25, 0.3) is 0 Å². The summed E-state index contributed by atoms with van der Waals surface area (Å²) >= 11 is 0. The third-order valence-corrected chi connectivity index (χ3v) is 14.7. The maximum absolute atomic E-state index is 6.83. The largest absolute Gasteiger partial charge is 0.369 e. The van der Waals surface area contributed by atoms with Crippen LogP contribution in [0.15, 0.2) is 212 Å². The number of hydrogen-bond donors (Lipinski definition) is 0. The van der Waals surface area contributed by atoms with Gasteiger partial charge in [0.1, 0.15) is 0 Å². The van der Waals surface area contributed by atoms with E-state index in [1.807, 2.05) is 0 Å². The SMILES string of the molecule is CC1CCc2ccc3c(c2COC1c1ccccc1)-c1ccc(-c2ccc(C(CCc4ccc(-c5ccccc5)cc4)c4cccc5c6ccccc6n(-c6ccccc6)c45)cc2)cc1C3. The molecule has 12 rings (SSSR count). The van der Waals surface area contributed by atoms with Crippen LogP contribution in [-0.4, -0.2) is 4.57 Å². The van der Waals surface area contributed by atoms with Crippen LogP contribution in [0.3, 0.4) is 0 Å². The number of para-hydroxylation sites is 3. The highest BCUT2D eigenvalue weighted by atomic mass is 16.5. The second-order valence-electron chi connectivity index (χ2n) is 18.7. The van der Waals surface area contributed by atoms with Crippen LogP contribution in [0.4, 0.5) is 0 Å². The summed E-state index contributed by atoms with van der Waals surface area (Å²) in [5.41, 5.74) is 22.5. The van der Waals surface area contributed by atoms with Gasteiger partial charge in [-0.15, -0.1) is 0 Å². The molecule has 0 bridgehead atoms. The van der Waals surface area contributed by atoms with Crippen LogP contribution < -0.4 is 0 Å². The minimum Gasteiger partial charge on any atom is -0.369 e. The van der Waals surface area contributed by atoms with Gasteiger partial charge < -0.3 is 9.30 Å². The fraction of sp³-hybridized carbons (Fsp3) is 0.156. The van der Waals surface area contributed by atoms with Crippen LogP contribution in [-0.2, 0) is 30.6 Å². The Morgan fingerprint density at radius 2 is 1.21 bits per heavy atom. The van der Waals surface area contributed by atoms with Crippen LogP contribution in [0.2, 0.25) is 0 Å². The summed E-state index contributed by atoms with van der Waals surface area (Å²) in [5, 5.41) is 2.58. The Labute approximate surface area is 388 Å². The monoisotopic (exact) mass is 851 g/mol. The Hall–Kier alpha value is -7.26. The summed E-state index contributed by atoms with van der Waals surface area (Å²) in [4.78, 5) is 0. The average Bonchev–Trinajstić information content (AvgIpc) is 3.93. The Morgan fingerprint density at radius 3 is 2.02 bits per heavy atom. The van der Waals surface area contributed by atoms with Crippen LogP contribution >= 0.6 is 0 Å². The van der Waals surface area contributed by atoms with E-state index in [-0.39, 0.29) is 12.0 Å². The normalized spacial score (nSPS) is 16.0. The average molecular weight is 852 g/mol. The quantitative estimate of drug-likeness (QED) is 0.141. The fourth-order valence-electron chi connectivity index (χ4n) is 11.3. The molecule has 0 saturated carbocycles. The Kier molecular flexibility index (Phi) is 10.5. The third kappa shape index (κ3) is 7.36. The van der Waals surface area contributed by atoms with Crippen molar-refractivity contribution in [3.63, 3.8) is 0 Å². The van der Waals surface area contributed by atoms with E-state index < -0.39 is 0 Å². The second-order valence-corrected chi connectivity index (χ2v) is 18.7. The van der Waals surface area contributed by atoms with Gasteiger partial charge in [0, 0.05) is 22.4 Å². The molecule has 0 amide bonds. The van der Waals surface area contributed by atoms with Gasteiger partial charge in [-0.05, 0) is 134 Å². The fourth-order valence-corrected chi connectivity index (χ4v) is 11.3. The van der Waals surface area contributed by atoms with Crippen molar-refractivity contribution >= 4 is 21.8 Å². The Bertz CT molecular complexity index is 3330. The first kappa shape index (κ1) is 40.3. The van der Waals surface area contributed by atoms with E-state index in [1.54, 1.807) is 0 Å². The van der Waals surface area contributed by atoms with Gasteiger partial charge in [-0.3, -0.25) is 0 Å². The van der Waals surface area contributed by atoms with Crippen molar-refractivity contribution in [1.82, 2.24) is 4.57 Å². The number of ether oxygens (including phenoxy) is 1. The van der Waals surface area contributed by atoms with Crippen LogP contribution in [0.25, 0.3) is 60.9 Å². The molecule has 0 radical (unpaired) electrons. The second kappa shape index (κ2) is 17.3. The lowest BCUT2D eigenvalue weighted by atomic mass is 9.84. The lowest BCUT2D eigenvalue weighted by molar-refractivity contribution is -0.00195. The summed E-state index contributed by atoms with van der Waals surface area (Å²) in [7, 11) is 0. The third-order valence-electron chi connectivity index (χ3n) is 14.7. The minimum absolute atomic E-state index is 0.106. The van der Waals surface area contributed by atoms with Crippen molar-refractivity contribution in [3.8, 4) is 39.1 Å². The number of hydrogen-bond acceptors (Lipinski definition) is 1. The van der Waals surface area contributed by atoms with Gasteiger partial charge >= 0.3 is 0 Å². The van der Waals surface area contributed by atoms with Gasteiger partial charge in [-0.2, -0.15) is 0 Å². The molecule has 1 aliphatic carbocycles. The zero-order valence-corrected chi connectivity index (χ0v) is 37.5. The molecule has 66 heavy (non-hydrogen) atoms. The molecule has 2 heterocycles. The number of fused-ring (bicyclic) bond motifs is 8. The van der Waals surface area contributed by atoms with E-state index in [0.29, 0.717) is 12.5 Å². The van der Waals surface area contributed by atoms with Gasteiger partial charge in [-0.25, -0.2) is 0 Å². The highest BCUT2D eigenvalue weighted by Gasteiger charge is 2.29. The molecule has 2 heteroatoms. The molecule has 3 unspecified atom stereocenters. The van der Waals surface area contributed by atoms with E-state index in [1.165, 1.54) is 105 Å². The minimum atomic E-state index is 0.106. The number of aryl methyl sites for hydroxylation is 2. The van der Waals surface area contributed by atoms with Crippen LogP contribution in [0, 0.1) is 5.92 Å². The maximum atomic E-state index is 6.83. The van der Waals surface area contributed by atoms with Crippen LogP contribution in [0.5, 0.6) is 0 Å². The molecule has 3 atom stereocenters. The van der Waals surface area contributed by atoms with Gasteiger partial charge in [0.15, 0.2) is 0 Å².